The highest BCUT2D eigenvalue weighted by molar-refractivity contribution is 5.88. The summed E-state index contributed by atoms with van der Waals surface area (Å²) >= 11 is 0. The summed E-state index contributed by atoms with van der Waals surface area (Å²) in [6.45, 7) is 1.97. The van der Waals surface area contributed by atoms with Crippen LogP contribution in [-0.2, 0) is 0 Å². The van der Waals surface area contributed by atoms with E-state index in [4.69, 9.17) is 10.4 Å². The summed E-state index contributed by atoms with van der Waals surface area (Å²) in [5.41, 5.74) is 4.64. The molecule has 1 saturated heterocycles. The van der Waals surface area contributed by atoms with Crippen molar-refractivity contribution in [1.29, 1.82) is 5.41 Å². The van der Waals surface area contributed by atoms with Crippen LogP contribution in [0.15, 0.2) is 47.4 Å². The van der Waals surface area contributed by atoms with Gasteiger partial charge in [0.2, 0.25) is 0 Å². The molecule has 1 aliphatic rings. The molecule has 2 aromatic heterocycles. The Kier molecular flexibility index (Phi) is 5.55. The van der Waals surface area contributed by atoms with Gasteiger partial charge in [0.1, 0.15) is 5.65 Å². The Balaban J connectivity index is 1.65. The molecule has 0 unspecified atom stereocenters. The molecule has 156 valence electrons. The van der Waals surface area contributed by atoms with Crippen LogP contribution >= 0.6 is 0 Å². The van der Waals surface area contributed by atoms with Crippen molar-refractivity contribution < 1.29 is 0 Å². The largest absolute Gasteiger partial charge is 0.388 e. The minimum absolute atomic E-state index is 0.103. The zero-order valence-electron chi connectivity index (χ0n) is 17.7. The third-order valence-electron chi connectivity index (χ3n) is 5.98. The van der Waals surface area contributed by atoms with E-state index in [0.717, 1.165) is 48.4 Å². The second-order valence-corrected chi connectivity index (χ2v) is 7.97. The lowest BCUT2D eigenvalue weighted by molar-refractivity contribution is 0.249. The molecule has 30 heavy (non-hydrogen) atoms. The predicted molar refractivity (Wildman–Crippen MR) is 123 cm³/mol. The van der Waals surface area contributed by atoms with Crippen LogP contribution in [0, 0.1) is 5.41 Å². The van der Waals surface area contributed by atoms with E-state index in [0.29, 0.717) is 17.4 Å². The van der Waals surface area contributed by atoms with E-state index >= 15 is 0 Å². The van der Waals surface area contributed by atoms with E-state index in [-0.39, 0.29) is 5.56 Å². The molecule has 1 fully saturated rings. The van der Waals surface area contributed by atoms with Crippen molar-refractivity contribution in [3.05, 3.63) is 58.5 Å². The maximum atomic E-state index is 12.9. The van der Waals surface area contributed by atoms with E-state index in [1.165, 1.54) is 6.21 Å². The van der Waals surface area contributed by atoms with Crippen LogP contribution < -0.4 is 15.8 Å². The first-order valence-corrected chi connectivity index (χ1v) is 10.3. The number of hydrogen-bond donors (Lipinski definition) is 2. The zero-order valence-corrected chi connectivity index (χ0v) is 17.7. The highest BCUT2D eigenvalue weighted by Gasteiger charge is 2.21. The lowest BCUT2D eigenvalue weighted by Crippen LogP contribution is -2.42. The van der Waals surface area contributed by atoms with Gasteiger partial charge < -0.3 is 20.5 Å². The van der Waals surface area contributed by atoms with Crippen molar-refractivity contribution >= 4 is 23.2 Å². The minimum Gasteiger partial charge on any atom is -0.388 e. The van der Waals surface area contributed by atoms with Crippen molar-refractivity contribution in [3.63, 3.8) is 0 Å². The van der Waals surface area contributed by atoms with Crippen LogP contribution in [0.2, 0.25) is 0 Å². The number of benzene rings is 1. The Morgan fingerprint density at radius 2 is 1.93 bits per heavy atom. The first kappa shape index (κ1) is 20.1. The third kappa shape index (κ3) is 3.80. The van der Waals surface area contributed by atoms with Gasteiger partial charge in [0, 0.05) is 61.5 Å². The Labute approximate surface area is 176 Å². The van der Waals surface area contributed by atoms with Gasteiger partial charge in [-0.3, -0.25) is 9.20 Å². The number of fused-ring (bicyclic) bond motifs is 1. The average Bonchev–Trinajstić information content (AvgIpc) is 2.78. The number of aromatic nitrogens is 2. The van der Waals surface area contributed by atoms with Crippen LogP contribution in [0.1, 0.15) is 18.4 Å². The normalized spacial score (nSPS) is 15.0. The molecule has 1 aromatic carbocycles. The summed E-state index contributed by atoms with van der Waals surface area (Å²) in [6, 6.07) is 11.8. The maximum absolute atomic E-state index is 12.9. The molecule has 0 amide bonds. The molecule has 3 aromatic rings. The van der Waals surface area contributed by atoms with Crippen LogP contribution in [0.3, 0.4) is 0 Å². The Bertz CT molecular complexity index is 1130. The van der Waals surface area contributed by atoms with Gasteiger partial charge in [-0.2, -0.15) is 0 Å². The second kappa shape index (κ2) is 8.28. The standard InChI is InChI=1S/C23H28N6O/c1-25-20-6-4-16(12-17(20)14-24)21-13-23(30)29-15-19(5-7-22(29)26-21)28-10-8-18(9-11-28)27(2)3/h4-7,12-15,18,24-25H,8-11H2,1-3H3. The summed E-state index contributed by atoms with van der Waals surface area (Å²) < 4.78 is 1.62. The summed E-state index contributed by atoms with van der Waals surface area (Å²) in [4.78, 5) is 22.2. The molecule has 2 N–H and O–H groups in total. The van der Waals surface area contributed by atoms with Gasteiger partial charge in [-0.1, -0.05) is 6.07 Å². The SMILES string of the molecule is CNc1ccc(-c2cc(=O)n3cc(N4CCC(N(C)C)CC4)ccc3n2)cc1C=N. The van der Waals surface area contributed by atoms with Crippen molar-refractivity contribution in [3.8, 4) is 11.3 Å². The maximum Gasteiger partial charge on any atom is 0.258 e. The van der Waals surface area contributed by atoms with E-state index in [1.54, 1.807) is 10.5 Å². The van der Waals surface area contributed by atoms with E-state index in [9.17, 15) is 4.79 Å². The fraction of sp³-hybridized carbons (Fsp3) is 0.348. The summed E-state index contributed by atoms with van der Waals surface area (Å²) in [5.74, 6) is 0. The average molecular weight is 405 g/mol. The van der Waals surface area contributed by atoms with Crippen LogP contribution in [-0.4, -0.2) is 60.8 Å². The molecule has 4 rings (SSSR count). The fourth-order valence-electron chi connectivity index (χ4n) is 4.14. The third-order valence-corrected chi connectivity index (χ3v) is 5.98. The van der Waals surface area contributed by atoms with Crippen molar-refractivity contribution in [2.24, 2.45) is 0 Å². The lowest BCUT2D eigenvalue weighted by atomic mass is 10.0. The summed E-state index contributed by atoms with van der Waals surface area (Å²) in [7, 11) is 6.09. The summed E-state index contributed by atoms with van der Waals surface area (Å²) in [6.07, 6.45) is 5.44. The van der Waals surface area contributed by atoms with Crippen LogP contribution in [0.25, 0.3) is 16.9 Å². The molecule has 0 spiro atoms. The number of hydrogen-bond acceptors (Lipinski definition) is 6. The first-order chi connectivity index (χ1) is 14.5. The van der Waals surface area contributed by atoms with E-state index in [1.807, 2.05) is 37.5 Å². The Morgan fingerprint density at radius 1 is 1.17 bits per heavy atom. The Morgan fingerprint density at radius 3 is 2.60 bits per heavy atom. The number of pyridine rings is 1. The monoisotopic (exact) mass is 404 g/mol. The second-order valence-electron chi connectivity index (χ2n) is 7.97. The van der Waals surface area contributed by atoms with Crippen molar-refractivity contribution in [2.75, 3.05) is 44.4 Å². The van der Waals surface area contributed by atoms with Gasteiger partial charge >= 0.3 is 0 Å². The number of nitrogens with one attached hydrogen (secondary N) is 2. The minimum atomic E-state index is -0.103. The smallest absolute Gasteiger partial charge is 0.258 e. The highest BCUT2D eigenvalue weighted by Crippen LogP contribution is 2.24. The molecule has 0 radical (unpaired) electrons. The molecule has 0 aliphatic carbocycles. The number of piperidine rings is 1. The van der Waals surface area contributed by atoms with E-state index < -0.39 is 0 Å². The van der Waals surface area contributed by atoms with Crippen LogP contribution in [0.5, 0.6) is 0 Å². The van der Waals surface area contributed by atoms with Gasteiger partial charge in [-0.25, -0.2) is 4.98 Å². The van der Waals surface area contributed by atoms with Gasteiger partial charge in [0.05, 0.1) is 11.4 Å². The van der Waals surface area contributed by atoms with Gasteiger partial charge in [-0.05, 0) is 51.2 Å². The molecular weight excluding hydrogens is 376 g/mol. The highest BCUT2D eigenvalue weighted by atomic mass is 16.1. The lowest BCUT2D eigenvalue weighted by Gasteiger charge is -2.36. The van der Waals surface area contributed by atoms with Crippen molar-refractivity contribution in [2.45, 2.75) is 18.9 Å². The number of nitrogens with zero attached hydrogens (tertiary/aromatic N) is 4. The number of rotatable bonds is 5. The van der Waals surface area contributed by atoms with Crippen LogP contribution in [0.4, 0.5) is 11.4 Å². The summed E-state index contributed by atoms with van der Waals surface area (Å²) in [5, 5.41) is 10.7. The molecule has 3 heterocycles. The molecule has 0 atom stereocenters. The van der Waals surface area contributed by atoms with E-state index in [2.05, 4.69) is 35.3 Å². The molecule has 0 bridgehead atoms. The Hall–Kier alpha value is -3.19. The van der Waals surface area contributed by atoms with Crippen molar-refractivity contribution in [1.82, 2.24) is 14.3 Å². The molecule has 0 saturated carbocycles. The quantitative estimate of drug-likeness (QED) is 0.640. The van der Waals surface area contributed by atoms with Gasteiger partial charge in [0.25, 0.3) is 5.56 Å². The fourth-order valence-corrected chi connectivity index (χ4v) is 4.14. The van der Waals surface area contributed by atoms with Gasteiger partial charge in [-0.15, -0.1) is 0 Å². The first-order valence-electron chi connectivity index (χ1n) is 10.3. The molecular formula is C23H28N6O. The predicted octanol–water partition coefficient (Wildman–Crippen LogP) is 2.93. The zero-order chi connectivity index (χ0) is 21.3. The number of anilines is 2. The molecule has 7 heteroatoms. The topological polar surface area (TPSA) is 76.7 Å². The molecule has 1 aliphatic heterocycles. The van der Waals surface area contributed by atoms with Gasteiger partial charge in [0.15, 0.2) is 0 Å². The molecule has 7 nitrogen and oxygen atoms in total.